The van der Waals surface area contributed by atoms with Crippen LogP contribution in [0.15, 0.2) is 63.1 Å². The van der Waals surface area contributed by atoms with Crippen LogP contribution in [0.5, 0.6) is 11.5 Å². The van der Waals surface area contributed by atoms with Crippen molar-refractivity contribution in [2.24, 2.45) is 0 Å². The van der Waals surface area contributed by atoms with Crippen LogP contribution in [0.2, 0.25) is 0 Å². The van der Waals surface area contributed by atoms with Gasteiger partial charge in [0.1, 0.15) is 10.8 Å². The summed E-state index contributed by atoms with van der Waals surface area (Å²) in [6.07, 6.45) is 0. The van der Waals surface area contributed by atoms with Crippen molar-refractivity contribution in [2.45, 2.75) is 0 Å². The molecule has 130 valence electrons. The van der Waals surface area contributed by atoms with Gasteiger partial charge in [0.25, 0.3) is 0 Å². The Labute approximate surface area is 153 Å². The highest BCUT2D eigenvalue weighted by molar-refractivity contribution is 7.13. The Morgan fingerprint density at radius 3 is 2.58 bits per heavy atom. The number of ether oxygens (including phenoxy) is 2. The highest BCUT2D eigenvalue weighted by atomic mass is 32.1. The number of para-hydroxylation sites is 1. The number of aromatic nitrogens is 1. The Morgan fingerprint density at radius 1 is 1.04 bits per heavy atom. The Balaban J connectivity index is 1.77. The number of nitrogens with zero attached hydrogens (tertiary/aromatic N) is 1. The first-order valence-electron chi connectivity index (χ1n) is 7.91. The van der Waals surface area contributed by atoms with E-state index in [1.807, 2.05) is 41.8 Å². The average Bonchev–Trinajstić information content (AvgIpc) is 3.17. The van der Waals surface area contributed by atoms with E-state index in [1.165, 1.54) is 11.3 Å². The van der Waals surface area contributed by atoms with Gasteiger partial charge in [0.15, 0.2) is 11.3 Å². The summed E-state index contributed by atoms with van der Waals surface area (Å²) in [7, 11) is 3.18. The average molecular weight is 365 g/mol. The van der Waals surface area contributed by atoms with Crippen molar-refractivity contribution in [3.63, 3.8) is 0 Å². The van der Waals surface area contributed by atoms with Gasteiger partial charge in [-0.25, -0.2) is 9.78 Å². The molecule has 0 amide bonds. The minimum atomic E-state index is -0.433. The van der Waals surface area contributed by atoms with Crippen LogP contribution in [0.25, 0.3) is 32.8 Å². The molecule has 0 saturated heterocycles. The van der Waals surface area contributed by atoms with Crippen LogP contribution in [-0.4, -0.2) is 19.2 Å². The second-order valence-corrected chi connectivity index (χ2v) is 6.45. The Hall–Kier alpha value is -3.12. The monoisotopic (exact) mass is 365 g/mol. The van der Waals surface area contributed by atoms with Crippen molar-refractivity contribution >= 4 is 22.3 Å². The molecule has 0 N–H and O–H groups in total. The summed E-state index contributed by atoms with van der Waals surface area (Å²) >= 11 is 1.41. The Kier molecular flexibility index (Phi) is 4.18. The molecule has 0 aliphatic rings. The van der Waals surface area contributed by atoms with Gasteiger partial charge in [0.05, 0.1) is 25.5 Å². The van der Waals surface area contributed by atoms with E-state index < -0.39 is 5.63 Å². The first-order valence-corrected chi connectivity index (χ1v) is 8.79. The number of methoxy groups -OCH3 is 2. The zero-order valence-electron chi connectivity index (χ0n) is 14.2. The fourth-order valence-corrected chi connectivity index (χ4v) is 3.55. The number of rotatable bonds is 4. The molecule has 0 spiro atoms. The largest absolute Gasteiger partial charge is 0.497 e. The van der Waals surface area contributed by atoms with Gasteiger partial charge in [-0.05, 0) is 36.4 Å². The lowest BCUT2D eigenvalue weighted by molar-refractivity contribution is 0.407. The first kappa shape index (κ1) is 16.4. The predicted octanol–water partition coefficient (Wildman–Crippen LogP) is 4.60. The topological polar surface area (TPSA) is 61.6 Å². The highest BCUT2D eigenvalue weighted by Gasteiger charge is 2.14. The van der Waals surface area contributed by atoms with Crippen LogP contribution in [0.1, 0.15) is 0 Å². The maximum atomic E-state index is 12.5. The molecule has 0 unspecified atom stereocenters. The summed E-state index contributed by atoms with van der Waals surface area (Å²) < 4.78 is 15.9. The van der Waals surface area contributed by atoms with E-state index in [0.29, 0.717) is 21.9 Å². The molecule has 6 heteroatoms. The van der Waals surface area contributed by atoms with E-state index in [1.54, 1.807) is 26.4 Å². The Bertz CT molecular complexity index is 1130. The maximum absolute atomic E-state index is 12.5. The maximum Gasteiger partial charge on any atom is 0.346 e. The summed E-state index contributed by atoms with van der Waals surface area (Å²) in [5.41, 5.74) is 2.21. The fraction of sp³-hybridized carbons (Fsp3) is 0.100. The van der Waals surface area contributed by atoms with Crippen LogP contribution in [0, 0.1) is 0 Å². The molecule has 0 saturated carbocycles. The van der Waals surface area contributed by atoms with Gasteiger partial charge < -0.3 is 13.9 Å². The van der Waals surface area contributed by atoms with Crippen LogP contribution in [0.4, 0.5) is 0 Å². The summed E-state index contributed by atoms with van der Waals surface area (Å²) in [4.78, 5) is 17.1. The van der Waals surface area contributed by atoms with E-state index in [2.05, 4.69) is 4.98 Å². The van der Waals surface area contributed by atoms with Gasteiger partial charge in [-0.3, -0.25) is 0 Å². The third kappa shape index (κ3) is 2.84. The minimum Gasteiger partial charge on any atom is -0.497 e. The van der Waals surface area contributed by atoms with Crippen molar-refractivity contribution in [2.75, 3.05) is 14.2 Å². The van der Waals surface area contributed by atoms with Gasteiger partial charge in [-0.15, -0.1) is 11.3 Å². The molecule has 0 bridgehead atoms. The molecule has 2 heterocycles. The third-order valence-corrected chi connectivity index (χ3v) is 4.94. The molecule has 26 heavy (non-hydrogen) atoms. The fourth-order valence-electron chi connectivity index (χ4n) is 2.72. The van der Waals surface area contributed by atoms with E-state index in [4.69, 9.17) is 13.9 Å². The summed E-state index contributed by atoms with van der Waals surface area (Å²) in [5, 5.41) is 3.33. The quantitative estimate of drug-likeness (QED) is 0.495. The lowest BCUT2D eigenvalue weighted by Gasteiger charge is -2.04. The SMILES string of the molecule is COc1ccc(-c2csc(-c3cc4cccc(OC)c4oc3=O)n2)cc1. The van der Waals surface area contributed by atoms with Crippen molar-refractivity contribution in [1.82, 2.24) is 4.98 Å². The molecule has 0 aliphatic carbocycles. The molecular weight excluding hydrogens is 350 g/mol. The second kappa shape index (κ2) is 6.65. The van der Waals surface area contributed by atoms with Crippen molar-refractivity contribution in [3.8, 4) is 33.3 Å². The van der Waals surface area contributed by atoms with Gasteiger partial charge in [-0.2, -0.15) is 0 Å². The molecule has 0 fully saturated rings. The summed E-state index contributed by atoms with van der Waals surface area (Å²) in [6.45, 7) is 0. The van der Waals surface area contributed by atoms with Crippen LogP contribution >= 0.6 is 11.3 Å². The van der Waals surface area contributed by atoms with Gasteiger partial charge in [0.2, 0.25) is 0 Å². The van der Waals surface area contributed by atoms with E-state index >= 15 is 0 Å². The first-order chi connectivity index (χ1) is 12.7. The van der Waals surface area contributed by atoms with Crippen LogP contribution in [-0.2, 0) is 0 Å². The zero-order chi connectivity index (χ0) is 18.1. The molecule has 4 aromatic rings. The Morgan fingerprint density at radius 2 is 1.85 bits per heavy atom. The number of benzene rings is 2. The molecular formula is C20H15NO4S. The van der Waals surface area contributed by atoms with Gasteiger partial charge >= 0.3 is 5.63 Å². The standard InChI is InChI=1S/C20H15NO4S/c1-23-14-8-6-12(7-9-14)16-11-26-19(21-16)15-10-13-4-3-5-17(24-2)18(13)25-20(15)22/h3-11H,1-2H3. The lowest BCUT2D eigenvalue weighted by atomic mass is 10.1. The van der Waals surface area contributed by atoms with Crippen molar-refractivity contribution in [3.05, 3.63) is 64.3 Å². The summed E-state index contributed by atoms with van der Waals surface area (Å²) in [5.74, 6) is 1.32. The van der Waals surface area contributed by atoms with Crippen LogP contribution < -0.4 is 15.1 Å². The normalized spacial score (nSPS) is 10.8. The zero-order valence-corrected chi connectivity index (χ0v) is 15.0. The molecule has 4 rings (SSSR count). The molecule has 5 nitrogen and oxygen atoms in total. The van der Waals surface area contributed by atoms with E-state index in [9.17, 15) is 4.79 Å². The van der Waals surface area contributed by atoms with Crippen molar-refractivity contribution in [1.29, 1.82) is 0 Å². The molecule has 0 aliphatic heterocycles. The molecule has 2 aromatic heterocycles. The third-order valence-electron chi connectivity index (χ3n) is 4.06. The number of fused-ring (bicyclic) bond motifs is 1. The smallest absolute Gasteiger partial charge is 0.346 e. The predicted molar refractivity (Wildman–Crippen MR) is 102 cm³/mol. The number of hydrogen-bond donors (Lipinski definition) is 0. The van der Waals surface area contributed by atoms with E-state index in [0.717, 1.165) is 22.4 Å². The number of hydrogen-bond acceptors (Lipinski definition) is 6. The molecule has 2 aromatic carbocycles. The summed E-state index contributed by atoms with van der Waals surface area (Å²) in [6, 6.07) is 14.9. The number of thiazole rings is 1. The van der Waals surface area contributed by atoms with Crippen molar-refractivity contribution < 1.29 is 13.9 Å². The van der Waals surface area contributed by atoms with E-state index in [-0.39, 0.29) is 0 Å². The minimum absolute atomic E-state index is 0.433. The molecule has 0 atom stereocenters. The highest BCUT2D eigenvalue weighted by Crippen LogP contribution is 2.31. The van der Waals surface area contributed by atoms with Gasteiger partial charge in [-0.1, -0.05) is 12.1 Å². The lowest BCUT2D eigenvalue weighted by Crippen LogP contribution is -2.03. The molecule has 0 radical (unpaired) electrons. The van der Waals surface area contributed by atoms with Crippen LogP contribution in [0.3, 0.4) is 0 Å². The second-order valence-electron chi connectivity index (χ2n) is 5.59. The van der Waals surface area contributed by atoms with Gasteiger partial charge in [0, 0.05) is 16.3 Å².